The average molecular weight is 315 g/mol. The molecule has 2 heterocycles. The van der Waals surface area contributed by atoms with Crippen molar-refractivity contribution in [3.05, 3.63) is 58.0 Å². The number of aryl methyl sites for hydroxylation is 1. The van der Waals surface area contributed by atoms with Crippen LogP contribution in [-0.2, 0) is 25.0 Å². The minimum Gasteiger partial charge on any atom is -0.369 e. The molecule has 9 nitrogen and oxygen atoms in total. The molecule has 0 bridgehead atoms. The number of nitrogens with zero attached hydrogens (tertiary/aromatic N) is 5. The summed E-state index contributed by atoms with van der Waals surface area (Å²) in [6, 6.07) is 9.66. The Morgan fingerprint density at radius 3 is 2.83 bits per heavy atom. The highest BCUT2D eigenvalue weighted by molar-refractivity contribution is 5.60. The summed E-state index contributed by atoms with van der Waals surface area (Å²) in [7, 11) is 1.58. The zero-order valence-corrected chi connectivity index (χ0v) is 12.2. The number of benzene rings is 1. The maximum absolute atomic E-state index is 11.0. The van der Waals surface area contributed by atoms with Crippen LogP contribution in [-0.4, -0.2) is 24.8 Å². The second-order valence-corrected chi connectivity index (χ2v) is 4.79. The van der Waals surface area contributed by atoms with E-state index in [0.29, 0.717) is 12.4 Å². The van der Waals surface area contributed by atoms with Crippen molar-refractivity contribution in [2.75, 3.05) is 0 Å². The number of hydrogen-bond acceptors (Lipinski definition) is 7. The van der Waals surface area contributed by atoms with Gasteiger partial charge in [-0.3, -0.25) is 14.8 Å². The first-order valence-corrected chi connectivity index (χ1v) is 6.76. The predicted octanol–water partition coefficient (Wildman–Crippen LogP) is 2.10. The third kappa shape index (κ3) is 3.40. The summed E-state index contributed by atoms with van der Waals surface area (Å²) in [6.07, 6.45) is 1.28. The van der Waals surface area contributed by atoms with E-state index in [1.165, 1.54) is 10.9 Å². The number of hydrogen-bond donors (Lipinski definition) is 0. The summed E-state index contributed by atoms with van der Waals surface area (Å²) in [5.41, 5.74) is 0.879. The topological polar surface area (TPSA) is 109 Å². The number of ether oxygens (including phenoxy) is 1. The summed E-state index contributed by atoms with van der Waals surface area (Å²) in [4.78, 5) is 14.5. The Kier molecular flexibility index (Phi) is 4.11. The minimum absolute atomic E-state index is 0.00406. The molecule has 0 saturated heterocycles. The first-order chi connectivity index (χ1) is 11.1. The van der Waals surface area contributed by atoms with Crippen LogP contribution in [0.15, 0.2) is 41.1 Å². The monoisotopic (exact) mass is 315 g/mol. The lowest BCUT2D eigenvalue weighted by Gasteiger charge is -2.00. The van der Waals surface area contributed by atoms with Crippen LogP contribution in [0.3, 0.4) is 0 Å². The second-order valence-electron chi connectivity index (χ2n) is 4.79. The Morgan fingerprint density at radius 1 is 1.30 bits per heavy atom. The van der Waals surface area contributed by atoms with E-state index in [0.717, 1.165) is 5.56 Å². The largest absolute Gasteiger partial charge is 0.369 e. The van der Waals surface area contributed by atoms with Gasteiger partial charge in [-0.25, -0.2) is 0 Å². The summed E-state index contributed by atoms with van der Waals surface area (Å²) in [5.74, 6) is 0.298. The number of nitro groups is 1. The Balaban J connectivity index is 1.68. The fraction of sp³-hybridized carbons (Fsp3) is 0.214. The van der Waals surface area contributed by atoms with Crippen molar-refractivity contribution in [3.63, 3.8) is 0 Å². The quantitative estimate of drug-likeness (QED) is 0.506. The highest BCUT2D eigenvalue weighted by Crippen LogP contribution is 2.26. The van der Waals surface area contributed by atoms with Crippen LogP contribution in [0.2, 0.25) is 0 Å². The Hall–Kier alpha value is -3.07. The van der Waals surface area contributed by atoms with Gasteiger partial charge >= 0.3 is 5.69 Å². The van der Waals surface area contributed by atoms with E-state index in [1.807, 2.05) is 30.3 Å². The van der Waals surface area contributed by atoms with Gasteiger partial charge in [0.25, 0.3) is 5.89 Å². The van der Waals surface area contributed by atoms with Crippen LogP contribution in [0.4, 0.5) is 5.69 Å². The molecule has 2 aromatic heterocycles. The van der Waals surface area contributed by atoms with E-state index < -0.39 is 4.92 Å². The zero-order valence-electron chi connectivity index (χ0n) is 12.2. The van der Waals surface area contributed by atoms with E-state index in [4.69, 9.17) is 9.26 Å². The molecule has 0 aliphatic carbocycles. The molecule has 0 spiro atoms. The first kappa shape index (κ1) is 14.9. The molecular formula is C14H13N5O4. The number of rotatable bonds is 6. The highest BCUT2D eigenvalue weighted by Gasteiger charge is 2.25. The molecule has 0 amide bonds. The lowest BCUT2D eigenvalue weighted by Crippen LogP contribution is -1.96. The Bertz CT molecular complexity index is 812. The molecular weight excluding hydrogens is 302 g/mol. The maximum atomic E-state index is 11.0. The van der Waals surface area contributed by atoms with Crippen molar-refractivity contribution in [1.29, 1.82) is 0 Å². The van der Waals surface area contributed by atoms with Gasteiger partial charge in [0.15, 0.2) is 5.82 Å². The molecule has 3 rings (SSSR count). The lowest BCUT2D eigenvalue weighted by atomic mass is 10.2. The molecule has 0 aliphatic heterocycles. The van der Waals surface area contributed by atoms with Gasteiger partial charge in [-0.15, -0.1) is 0 Å². The predicted molar refractivity (Wildman–Crippen MR) is 78.1 cm³/mol. The SMILES string of the molecule is Cn1cc([N+](=O)[O-])c(-c2nc(COCc3ccccc3)no2)n1. The van der Waals surface area contributed by atoms with Gasteiger partial charge in [0, 0.05) is 7.05 Å². The zero-order chi connectivity index (χ0) is 16.2. The van der Waals surface area contributed by atoms with Gasteiger partial charge < -0.3 is 9.26 Å². The maximum Gasteiger partial charge on any atom is 0.320 e. The van der Waals surface area contributed by atoms with Crippen molar-refractivity contribution in [2.45, 2.75) is 13.2 Å². The molecule has 0 aliphatic rings. The van der Waals surface area contributed by atoms with Gasteiger partial charge in [-0.05, 0) is 5.56 Å². The smallest absolute Gasteiger partial charge is 0.320 e. The van der Waals surface area contributed by atoms with E-state index >= 15 is 0 Å². The van der Waals surface area contributed by atoms with Crippen LogP contribution in [0.5, 0.6) is 0 Å². The van der Waals surface area contributed by atoms with Gasteiger partial charge in [-0.1, -0.05) is 35.5 Å². The normalized spacial score (nSPS) is 10.8. The minimum atomic E-state index is -0.544. The lowest BCUT2D eigenvalue weighted by molar-refractivity contribution is -0.384. The fourth-order valence-corrected chi connectivity index (χ4v) is 2.01. The van der Waals surface area contributed by atoms with Crippen molar-refractivity contribution in [2.24, 2.45) is 7.05 Å². The van der Waals surface area contributed by atoms with Gasteiger partial charge in [0.2, 0.25) is 5.69 Å². The summed E-state index contributed by atoms with van der Waals surface area (Å²) in [5, 5.41) is 18.7. The van der Waals surface area contributed by atoms with Crippen molar-refractivity contribution in [1.82, 2.24) is 19.9 Å². The molecule has 0 atom stereocenters. The second kappa shape index (κ2) is 6.36. The van der Waals surface area contributed by atoms with Crippen LogP contribution in [0.25, 0.3) is 11.6 Å². The van der Waals surface area contributed by atoms with E-state index in [1.54, 1.807) is 7.05 Å². The molecule has 0 saturated carbocycles. The van der Waals surface area contributed by atoms with E-state index in [2.05, 4.69) is 15.2 Å². The third-order valence-corrected chi connectivity index (χ3v) is 3.02. The van der Waals surface area contributed by atoms with E-state index in [9.17, 15) is 10.1 Å². The molecule has 0 radical (unpaired) electrons. The van der Waals surface area contributed by atoms with Gasteiger partial charge in [0.1, 0.15) is 12.8 Å². The summed E-state index contributed by atoms with van der Waals surface area (Å²) < 4.78 is 11.9. The van der Waals surface area contributed by atoms with Crippen LogP contribution in [0, 0.1) is 10.1 Å². The molecule has 118 valence electrons. The molecule has 1 aromatic carbocycles. The summed E-state index contributed by atoms with van der Waals surface area (Å²) >= 11 is 0. The number of aromatic nitrogens is 4. The molecule has 0 unspecified atom stereocenters. The Labute approximate surface area is 130 Å². The van der Waals surface area contributed by atoms with Crippen molar-refractivity contribution >= 4 is 5.69 Å². The third-order valence-electron chi connectivity index (χ3n) is 3.02. The first-order valence-electron chi connectivity index (χ1n) is 6.76. The Morgan fingerprint density at radius 2 is 2.09 bits per heavy atom. The van der Waals surface area contributed by atoms with Crippen LogP contribution in [0.1, 0.15) is 11.4 Å². The van der Waals surface area contributed by atoms with Crippen LogP contribution >= 0.6 is 0 Å². The molecule has 23 heavy (non-hydrogen) atoms. The van der Waals surface area contributed by atoms with Crippen molar-refractivity contribution in [3.8, 4) is 11.6 Å². The highest BCUT2D eigenvalue weighted by atomic mass is 16.6. The molecule has 3 aromatic rings. The molecule has 9 heteroatoms. The van der Waals surface area contributed by atoms with Gasteiger partial charge in [0.05, 0.1) is 11.5 Å². The average Bonchev–Trinajstić information content (AvgIpc) is 3.15. The standard InChI is InChI=1S/C14H13N5O4/c1-18-7-11(19(20)21)13(16-18)14-15-12(17-23-14)9-22-8-10-5-3-2-4-6-10/h2-7H,8-9H2,1H3. The van der Waals surface area contributed by atoms with E-state index in [-0.39, 0.29) is 23.9 Å². The van der Waals surface area contributed by atoms with Crippen molar-refractivity contribution < 1.29 is 14.2 Å². The van der Waals surface area contributed by atoms with Crippen LogP contribution < -0.4 is 0 Å². The molecule has 0 fully saturated rings. The molecule has 0 N–H and O–H groups in total. The summed E-state index contributed by atoms with van der Waals surface area (Å²) in [6.45, 7) is 0.549. The van der Waals surface area contributed by atoms with Gasteiger partial charge in [-0.2, -0.15) is 10.1 Å². The fourth-order valence-electron chi connectivity index (χ4n) is 2.01.